The topological polar surface area (TPSA) is 54.0 Å². The van der Waals surface area contributed by atoms with Crippen molar-refractivity contribution in [3.8, 4) is 11.5 Å². The summed E-state index contributed by atoms with van der Waals surface area (Å²) in [5.41, 5.74) is 1.99. The predicted octanol–water partition coefficient (Wildman–Crippen LogP) is 3.12. The molecule has 25 heavy (non-hydrogen) atoms. The number of anilines is 1. The van der Waals surface area contributed by atoms with Gasteiger partial charge in [0.05, 0.1) is 19.9 Å². The van der Waals surface area contributed by atoms with E-state index in [4.69, 9.17) is 9.47 Å². The van der Waals surface area contributed by atoms with E-state index >= 15 is 0 Å². The molecule has 1 fully saturated rings. The maximum Gasteiger partial charge on any atom is 0.322 e. The van der Waals surface area contributed by atoms with Gasteiger partial charge in [0.2, 0.25) is 0 Å². The fraction of sp³-hybridized carbons (Fsp3) is 0.389. The first-order valence-corrected chi connectivity index (χ1v) is 9.15. The monoisotopic (exact) mass is 361 g/mol. The van der Waals surface area contributed by atoms with Crippen LogP contribution >= 0.6 is 11.3 Å². The van der Waals surface area contributed by atoms with Gasteiger partial charge in [-0.3, -0.25) is 4.90 Å². The number of amides is 2. The zero-order chi connectivity index (χ0) is 17.6. The number of nitrogens with zero attached hydrogens (tertiary/aromatic N) is 2. The molecule has 1 aliphatic heterocycles. The molecule has 0 aliphatic carbocycles. The minimum Gasteiger partial charge on any atom is -0.497 e. The number of benzene rings is 1. The van der Waals surface area contributed by atoms with Crippen molar-refractivity contribution in [3.05, 3.63) is 40.6 Å². The number of methoxy groups -OCH3 is 2. The summed E-state index contributed by atoms with van der Waals surface area (Å²) >= 11 is 1.72. The van der Waals surface area contributed by atoms with Crippen LogP contribution in [0.1, 0.15) is 5.56 Å². The quantitative estimate of drug-likeness (QED) is 0.889. The molecular weight excluding hydrogens is 338 g/mol. The molecule has 1 saturated heterocycles. The first-order chi connectivity index (χ1) is 12.2. The molecule has 0 bridgehead atoms. The summed E-state index contributed by atoms with van der Waals surface area (Å²) in [7, 11) is 3.18. The summed E-state index contributed by atoms with van der Waals surface area (Å²) in [5.74, 6) is 1.28. The Morgan fingerprint density at radius 2 is 1.96 bits per heavy atom. The Hall–Kier alpha value is -2.25. The van der Waals surface area contributed by atoms with Gasteiger partial charge >= 0.3 is 6.03 Å². The second kappa shape index (κ2) is 8.22. The van der Waals surface area contributed by atoms with E-state index in [-0.39, 0.29) is 6.03 Å². The van der Waals surface area contributed by atoms with Crippen LogP contribution in [0, 0.1) is 0 Å². The lowest BCUT2D eigenvalue weighted by Crippen LogP contribution is -2.49. The third-order valence-electron chi connectivity index (χ3n) is 4.30. The molecule has 2 aromatic rings. The van der Waals surface area contributed by atoms with E-state index in [1.165, 1.54) is 5.56 Å². The average molecular weight is 361 g/mol. The van der Waals surface area contributed by atoms with Crippen molar-refractivity contribution in [1.82, 2.24) is 9.80 Å². The zero-order valence-electron chi connectivity index (χ0n) is 14.5. The first kappa shape index (κ1) is 17.6. The smallest absolute Gasteiger partial charge is 0.322 e. The van der Waals surface area contributed by atoms with E-state index in [9.17, 15) is 4.79 Å². The number of nitrogens with one attached hydrogen (secondary N) is 1. The molecule has 1 aromatic heterocycles. The number of ether oxygens (including phenoxy) is 2. The number of hydrogen-bond acceptors (Lipinski definition) is 5. The molecule has 0 radical (unpaired) electrons. The summed E-state index contributed by atoms with van der Waals surface area (Å²) in [6.45, 7) is 4.14. The Labute approximate surface area is 152 Å². The Morgan fingerprint density at radius 3 is 2.60 bits per heavy atom. The molecule has 2 amide bonds. The van der Waals surface area contributed by atoms with Crippen LogP contribution in [0.5, 0.6) is 11.5 Å². The maximum atomic E-state index is 12.5. The average Bonchev–Trinajstić information content (AvgIpc) is 3.15. The number of carbonyl (C=O) groups is 1. The van der Waals surface area contributed by atoms with Gasteiger partial charge in [-0.1, -0.05) is 0 Å². The number of piperazine rings is 1. The van der Waals surface area contributed by atoms with Gasteiger partial charge in [-0.05, 0) is 34.5 Å². The van der Waals surface area contributed by atoms with Crippen LogP contribution in [0.2, 0.25) is 0 Å². The van der Waals surface area contributed by atoms with Gasteiger partial charge in [-0.15, -0.1) is 0 Å². The predicted molar refractivity (Wildman–Crippen MR) is 99.7 cm³/mol. The van der Waals surface area contributed by atoms with E-state index in [0.717, 1.165) is 19.6 Å². The van der Waals surface area contributed by atoms with Crippen LogP contribution in [0.15, 0.2) is 35.0 Å². The lowest BCUT2D eigenvalue weighted by Gasteiger charge is -2.34. The van der Waals surface area contributed by atoms with Crippen LogP contribution in [-0.4, -0.2) is 56.2 Å². The summed E-state index contributed by atoms with van der Waals surface area (Å²) in [6.07, 6.45) is 0. The molecule has 134 valence electrons. The van der Waals surface area contributed by atoms with Crippen molar-refractivity contribution in [2.45, 2.75) is 6.54 Å². The van der Waals surface area contributed by atoms with Crippen molar-refractivity contribution >= 4 is 23.1 Å². The SMILES string of the molecule is COc1ccc(NC(=O)N2CCN(Cc3ccsc3)CC2)c(OC)c1. The second-order valence-electron chi connectivity index (χ2n) is 5.89. The molecule has 1 aliphatic rings. The van der Waals surface area contributed by atoms with Gasteiger partial charge in [0.15, 0.2) is 0 Å². The van der Waals surface area contributed by atoms with Gasteiger partial charge in [-0.2, -0.15) is 11.3 Å². The normalized spacial score (nSPS) is 15.0. The van der Waals surface area contributed by atoms with Crippen LogP contribution in [0.4, 0.5) is 10.5 Å². The molecule has 0 atom stereocenters. The number of carbonyl (C=O) groups excluding carboxylic acids is 1. The molecule has 0 saturated carbocycles. The van der Waals surface area contributed by atoms with Crippen molar-refractivity contribution in [2.24, 2.45) is 0 Å². The van der Waals surface area contributed by atoms with Gasteiger partial charge < -0.3 is 19.7 Å². The van der Waals surface area contributed by atoms with E-state index in [0.29, 0.717) is 30.3 Å². The van der Waals surface area contributed by atoms with E-state index in [1.54, 1.807) is 43.8 Å². The standard InChI is InChI=1S/C18H23N3O3S/c1-23-15-3-4-16(17(11-15)24-2)19-18(22)21-8-6-20(7-9-21)12-14-5-10-25-13-14/h3-5,10-11,13H,6-9,12H2,1-2H3,(H,19,22). The molecule has 1 N–H and O–H groups in total. The van der Waals surface area contributed by atoms with Crippen molar-refractivity contribution < 1.29 is 14.3 Å². The molecule has 0 spiro atoms. The fourth-order valence-corrected chi connectivity index (χ4v) is 3.51. The highest BCUT2D eigenvalue weighted by molar-refractivity contribution is 7.07. The van der Waals surface area contributed by atoms with Crippen LogP contribution < -0.4 is 14.8 Å². The molecule has 0 unspecified atom stereocenters. The Balaban J connectivity index is 1.54. The molecule has 6 nitrogen and oxygen atoms in total. The Bertz CT molecular complexity index is 698. The van der Waals surface area contributed by atoms with Crippen molar-refractivity contribution in [3.63, 3.8) is 0 Å². The molecule has 1 aromatic carbocycles. The number of urea groups is 1. The van der Waals surface area contributed by atoms with Gasteiger partial charge in [-0.25, -0.2) is 4.79 Å². The Morgan fingerprint density at radius 1 is 1.16 bits per heavy atom. The first-order valence-electron chi connectivity index (χ1n) is 8.21. The minimum atomic E-state index is -0.0985. The highest BCUT2D eigenvalue weighted by Gasteiger charge is 2.22. The van der Waals surface area contributed by atoms with Gasteiger partial charge in [0, 0.05) is 38.8 Å². The lowest BCUT2D eigenvalue weighted by molar-refractivity contribution is 0.143. The van der Waals surface area contributed by atoms with Crippen LogP contribution in [0.25, 0.3) is 0 Å². The van der Waals surface area contributed by atoms with E-state index < -0.39 is 0 Å². The summed E-state index contributed by atoms with van der Waals surface area (Å²) < 4.78 is 10.5. The third kappa shape index (κ3) is 4.43. The van der Waals surface area contributed by atoms with Crippen LogP contribution in [-0.2, 0) is 6.54 Å². The third-order valence-corrected chi connectivity index (χ3v) is 5.03. The van der Waals surface area contributed by atoms with E-state index in [2.05, 4.69) is 27.0 Å². The minimum absolute atomic E-state index is 0.0985. The molecule has 2 heterocycles. The number of hydrogen-bond donors (Lipinski definition) is 1. The highest BCUT2D eigenvalue weighted by atomic mass is 32.1. The van der Waals surface area contributed by atoms with Crippen molar-refractivity contribution in [1.29, 1.82) is 0 Å². The van der Waals surface area contributed by atoms with Gasteiger partial charge in [0.1, 0.15) is 11.5 Å². The fourth-order valence-electron chi connectivity index (χ4n) is 2.85. The largest absolute Gasteiger partial charge is 0.497 e. The summed E-state index contributed by atoms with van der Waals surface area (Å²) in [4.78, 5) is 16.7. The number of rotatable bonds is 5. The summed E-state index contributed by atoms with van der Waals surface area (Å²) in [5, 5.41) is 7.21. The van der Waals surface area contributed by atoms with E-state index in [1.807, 2.05) is 4.90 Å². The van der Waals surface area contributed by atoms with Crippen molar-refractivity contribution in [2.75, 3.05) is 45.7 Å². The van der Waals surface area contributed by atoms with Crippen LogP contribution in [0.3, 0.4) is 0 Å². The molecular formula is C18H23N3O3S. The molecule has 7 heteroatoms. The zero-order valence-corrected chi connectivity index (χ0v) is 15.3. The number of thiophene rings is 1. The molecule has 3 rings (SSSR count). The summed E-state index contributed by atoms with van der Waals surface area (Å²) in [6, 6.07) is 7.41. The Kier molecular flexibility index (Phi) is 5.78. The maximum absolute atomic E-state index is 12.5. The lowest BCUT2D eigenvalue weighted by atomic mass is 10.2. The van der Waals surface area contributed by atoms with Gasteiger partial charge in [0.25, 0.3) is 0 Å². The highest BCUT2D eigenvalue weighted by Crippen LogP contribution is 2.29. The second-order valence-corrected chi connectivity index (χ2v) is 6.67.